The van der Waals surface area contributed by atoms with Crippen LogP contribution in [-0.2, 0) is 12.8 Å². The lowest BCUT2D eigenvalue weighted by atomic mass is 10.2. The fourth-order valence-corrected chi connectivity index (χ4v) is 2.65. The van der Waals surface area contributed by atoms with Crippen molar-refractivity contribution < 1.29 is 4.92 Å². The smallest absolute Gasteiger partial charge is 0.294 e. The van der Waals surface area contributed by atoms with Crippen molar-refractivity contribution in [3.05, 3.63) is 44.6 Å². The van der Waals surface area contributed by atoms with Crippen molar-refractivity contribution in [3.8, 4) is 5.69 Å². The highest BCUT2D eigenvalue weighted by molar-refractivity contribution is 6.30. The predicted octanol–water partition coefficient (Wildman–Crippen LogP) is 2.50. The number of halogens is 1. The standard InChI is InChI=1S/C12H11ClN4O2/c13-7-4-5-10(17(18)19)11(6-7)16-9-3-1-2-8(9)12(14)15-16/h4-6H,1-3H2,(H2,14,15). The lowest BCUT2D eigenvalue weighted by Crippen LogP contribution is -2.05. The number of hydrogen-bond acceptors (Lipinski definition) is 4. The van der Waals surface area contributed by atoms with Gasteiger partial charge in [-0.3, -0.25) is 10.1 Å². The molecule has 0 atom stereocenters. The summed E-state index contributed by atoms with van der Waals surface area (Å²) in [5.74, 6) is 0.446. The second-order valence-electron chi connectivity index (χ2n) is 4.47. The van der Waals surface area contributed by atoms with E-state index in [0.29, 0.717) is 16.5 Å². The Bertz CT molecular complexity index is 681. The molecular formula is C12H11ClN4O2. The molecule has 0 radical (unpaired) electrons. The largest absolute Gasteiger partial charge is 0.382 e. The molecule has 1 aliphatic rings. The zero-order valence-electron chi connectivity index (χ0n) is 9.97. The van der Waals surface area contributed by atoms with Crippen LogP contribution in [0.2, 0.25) is 5.02 Å². The molecule has 0 fully saturated rings. The second-order valence-corrected chi connectivity index (χ2v) is 4.90. The number of nitrogens with two attached hydrogens (primary N) is 1. The molecule has 0 unspecified atom stereocenters. The molecule has 1 aromatic heterocycles. The van der Waals surface area contributed by atoms with Gasteiger partial charge in [-0.1, -0.05) is 11.6 Å². The summed E-state index contributed by atoms with van der Waals surface area (Å²) >= 11 is 5.93. The van der Waals surface area contributed by atoms with E-state index >= 15 is 0 Å². The maximum absolute atomic E-state index is 11.1. The number of nitrogens with zero attached hydrogens (tertiary/aromatic N) is 3. The van der Waals surface area contributed by atoms with Gasteiger partial charge >= 0.3 is 0 Å². The Kier molecular flexibility index (Phi) is 2.67. The van der Waals surface area contributed by atoms with Gasteiger partial charge in [0, 0.05) is 22.3 Å². The molecule has 0 spiro atoms. The molecule has 3 rings (SSSR count). The Morgan fingerprint density at radius 3 is 2.95 bits per heavy atom. The van der Waals surface area contributed by atoms with Gasteiger partial charge in [0.1, 0.15) is 11.5 Å². The molecule has 0 bridgehead atoms. The Morgan fingerprint density at radius 2 is 2.21 bits per heavy atom. The third-order valence-electron chi connectivity index (χ3n) is 3.32. The molecule has 2 aromatic rings. The molecule has 0 saturated carbocycles. The first-order valence-electron chi connectivity index (χ1n) is 5.88. The van der Waals surface area contributed by atoms with Gasteiger partial charge < -0.3 is 5.73 Å². The molecule has 19 heavy (non-hydrogen) atoms. The van der Waals surface area contributed by atoms with Crippen molar-refractivity contribution >= 4 is 23.1 Å². The van der Waals surface area contributed by atoms with E-state index in [9.17, 15) is 10.1 Å². The van der Waals surface area contributed by atoms with Crippen LogP contribution < -0.4 is 5.73 Å². The van der Waals surface area contributed by atoms with Gasteiger partial charge in [-0.05, 0) is 31.4 Å². The fourth-order valence-electron chi connectivity index (χ4n) is 2.49. The number of nitrogen functional groups attached to an aromatic ring is 1. The van der Waals surface area contributed by atoms with E-state index in [2.05, 4.69) is 5.10 Å². The first kappa shape index (κ1) is 12.0. The van der Waals surface area contributed by atoms with E-state index in [1.54, 1.807) is 10.7 Å². The van der Waals surface area contributed by atoms with Crippen LogP contribution in [0.15, 0.2) is 18.2 Å². The number of hydrogen-bond donors (Lipinski definition) is 1. The Morgan fingerprint density at radius 1 is 1.42 bits per heavy atom. The predicted molar refractivity (Wildman–Crippen MR) is 71.7 cm³/mol. The van der Waals surface area contributed by atoms with E-state index in [4.69, 9.17) is 17.3 Å². The number of rotatable bonds is 2. The zero-order valence-corrected chi connectivity index (χ0v) is 10.7. The summed E-state index contributed by atoms with van der Waals surface area (Å²) < 4.78 is 1.56. The Labute approximate surface area is 113 Å². The van der Waals surface area contributed by atoms with Crippen molar-refractivity contribution in [1.82, 2.24) is 9.78 Å². The lowest BCUT2D eigenvalue weighted by Gasteiger charge is -2.06. The van der Waals surface area contributed by atoms with Crippen molar-refractivity contribution in [3.63, 3.8) is 0 Å². The van der Waals surface area contributed by atoms with Crippen molar-refractivity contribution in [2.24, 2.45) is 0 Å². The minimum absolute atomic E-state index is 0.0263. The number of nitro benzene ring substituents is 1. The van der Waals surface area contributed by atoms with Crippen LogP contribution in [0.1, 0.15) is 17.7 Å². The van der Waals surface area contributed by atoms with Gasteiger partial charge in [-0.25, -0.2) is 4.68 Å². The maximum atomic E-state index is 11.1. The van der Waals surface area contributed by atoms with Crippen molar-refractivity contribution in [2.45, 2.75) is 19.3 Å². The van der Waals surface area contributed by atoms with Crippen molar-refractivity contribution in [2.75, 3.05) is 5.73 Å². The highest BCUT2D eigenvalue weighted by Gasteiger charge is 2.25. The van der Waals surface area contributed by atoms with Gasteiger partial charge in [-0.15, -0.1) is 5.10 Å². The molecule has 7 heteroatoms. The van der Waals surface area contributed by atoms with Crippen LogP contribution in [0.4, 0.5) is 11.5 Å². The third kappa shape index (κ3) is 1.84. The SMILES string of the molecule is Nc1nn(-c2cc(Cl)ccc2[N+](=O)[O-])c2c1CCC2. The van der Waals surface area contributed by atoms with Crippen LogP contribution in [0.25, 0.3) is 5.69 Å². The normalized spacial score (nSPS) is 13.5. The van der Waals surface area contributed by atoms with Gasteiger partial charge in [-0.2, -0.15) is 0 Å². The molecule has 1 heterocycles. The minimum atomic E-state index is -0.440. The second kappa shape index (κ2) is 4.24. The fraction of sp³-hybridized carbons (Fsp3) is 0.250. The van der Waals surface area contributed by atoms with Gasteiger partial charge in [0.2, 0.25) is 0 Å². The summed E-state index contributed by atoms with van der Waals surface area (Å²) in [4.78, 5) is 10.7. The molecule has 0 saturated heterocycles. The van der Waals surface area contributed by atoms with Crippen LogP contribution >= 0.6 is 11.6 Å². The summed E-state index contributed by atoms with van der Waals surface area (Å²) in [6.07, 6.45) is 2.69. The topological polar surface area (TPSA) is 87.0 Å². The highest BCUT2D eigenvalue weighted by atomic mass is 35.5. The van der Waals surface area contributed by atoms with E-state index in [1.165, 1.54) is 12.1 Å². The number of anilines is 1. The molecule has 0 amide bonds. The quantitative estimate of drug-likeness (QED) is 0.675. The molecule has 2 N–H and O–H groups in total. The van der Waals surface area contributed by atoms with Gasteiger partial charge in [0.15, 0.2) is 0 Å². The summed E-state index contributed by atoms with van der Waals surface area (Å²) in [5.41, 5.74) is 8.14. The summed E-state index contributed by atoms with van der Waals surface area (Å²) in [6, 6.07) is 4.43. The molecule has 1 aliphatic carbocycles. The van der Waals surface area contributed by atoms with Gasteiger partial charge in [0.25, 0.3) is 5.69 Å². The van der Waals surface area contributed by atoms with Crippen molar-refractivity contribution in [1.29, 1.82) is 0 Å². The summed E-state index contributed by atoms with van der Waals surface area (Å²) in [7, 11) is 0. The number of aromatic nitrogens is 2. The number of nitro groups is 1. The third-order valence-corrected chi connectivity index (χ3v) is 3.56. The Hall–Kier alpha value is -2.08. The molecule has 98 valence electrons. The van der Waals surface area contributed by atoms with E-state index in [1.807, 2.05) is 0 Å². The monoisotopic (exact) mass is 278 g/mol. The molecule has 6 nitrogen and oxygen atoms in total. The minimum Gasteiger partial charge on any atom is -0.382 e. The highest BCUT2D eigenvalue weighted by Crippen LogP contribution is 2.33. The molecule has 1 aromatic carbocycles. The number of benzene rings is 1. The maximum Gasteiger partial charge on any atom is 0.294 e. The lowest BCUT2D eigenvalue weighted by molar-refractivity contribution is -0.384. The van der Waals surface area contributed by atoms with E-state index in [-0.39, 0.29) is 5.69 Å². The van der Waals surface area contributed by atoms with Crippen LogP contribution in [-0.4, -0.2) is 14.7 Å². The Balaban J connectivity index is 2.25. The van der Waals surface area contributed by atoms with Crippen LogP contribution in [0, 0.1) is 10.1 Å². The van der Waals surface area contributed by atoms with E-state index in [0.717, 1.165) is 30.5 Å². The summed E-state index contributed by atoms with van der Waals surface area (Å²) in [5, 5.41) is 15.8. The molecule has 0 aliphatic heterocycles. The zero-order chi connectivity index (χ0) is 13.6. The first-order chi connectivity index (χ1) is 9.08. The number of fused-ring (bicyclic) bond motifs is 1. The van der Waals surface area contributed by atoms with E-state index < -0.39 is 4.92 Å². The first-order valence-corrected chi connectivity index (χ1v) is 6.26. The van der Waals surface area contributed by atoms with Crippen LogP contribution in [0.3, 0.4) is 0 Å². The summed E-state index contributed by atoms with van der Waals surface area (Å²) in [6.45, 7) is 0. The average molecular weight is 279 g/mol. The molecular weight excluding hydrogens is 268 g/mol. The van der Waals surface area contributed by atoms with Gasteiger partial charge in [0.05, 0.1) is 4.92 Å². The average Bonchev–Trinajstić information content (AvgIpc) is 2.93. The van der Waals surface area contributed by atoms with Crippen LogP contribution in [0.5, 0.6) is 0 Å².